The number of halogens is 1. The molecule has 0 radical (unpaired) electrons. The smallest absolute Gasteiger partial charge is 0.225 e. The number of anilines is 1. The van der Waals surface area contributed by atoms with Gasteiger partial charge in [-0.2, -0.15) is 0 Å². The number of benzene rings is 1. The monoisotopic (exact) mass is 389 g/mol. The van der Waals surface area contributed by atoms with E-state index in [-0.39, 0.29) is 5.92 Å². The van der Waals surface area contributed by atoms with Crippen LogP contribution in [0, 0.1) is 12.8 Å². The topological polar surface area (TPSA) is 35.6 Å². The van der Waals surface area contributed by atoms with Crippen molar-refractivity contribution < 1.29 is 4.79 Å². The van der Waals surface area contributed by atoms with Crippen LogP contribution < -0.4 is 5.32 Å². The standard InChI is InChI=1S/C22H32ClN3O/c1-16-5-8-19(15-21(16)23)24-18-9-6-17(7-10-18)22(27)26-13-11-25(12-14-26)20-3-2-4-20/h5,8,15,17-18,20,24H,2-4,6-7,9-14H2,1H3/t17-,18-. The van der Waals surface area contributed by atoms with Gasteiger partial charge < -0.3 is 10.2 Å². The van der Waals surface area contributed by atoms with Crippen molar-refractivity contribution in [1.82, 2.24) is 9.80 Å². The van der Waals surface area contributed by atoms with Crippen LogP contribution >= 0.6 is 11.6 Å². The minimum absolute atomic E-state index is 0.222. The molecule has 1 saturated heterocycles. The molecule has 1 N–H and O–H groups in total. The van der Waals surface area contributed by atoms with Crippen LogP contribution in [0.3, 0.4) is 0 Å². The normalized spacial score (nSPS) is 27.3. The zero-order valence-electron chi connectivity index (χ0n) is 16.4. The number of hydrogen-bond donors (Lipinski definition) is 1. The Bertz CT molecular complexity index is 660. The third-order valence-corrected chi connectivity index (χ3v) is 7.24. The Labute approximate surface area is 168 Å². The zero-order valence-corrected chi connectivity index (χ0v) is 17.2. The molecule has 4 rings (SSSR count). The third-order valence-electron chi connectivity index (χ3n) is 6.84. The quantitative estimate of drug-likeness (QED) is 0.833. The number of carbonyl (C=O) groups excluding carboxylic acids is 1. The lowest BCUT2D eigenvalue weighted by atomic mass is 9.84. The molecule has 5 heteroatoms. The van der Waals surface area contributed by atoms with Gasteiger partial charge in [0.15, 0.2) is 0 Å². The van der Waals surface area contributed by atoms with E-state index in [1.807, 2.05) is 13.0 Å². The number of rotatable bonds is 4. The number of hydrogen-bond acceptors (Lipinski definition) is 3. The average Bonchev–Trinajstić information content (AvgIpc) is 2.64. The number of nitrogens with zero attached hydrogens (tertiary/aromatic N) is 2. The average molecular weight is 390 g/mol. The van der Waals surface area contributed by atoms with Crippen molar-refractivity contribution in [2.75, 3.05) is 31.5 Å². The van der Waals surface area contributed by atoms with Gasteiger partial charge in [-0.15, -0.1) is 0 Å². The number of amides is 1. The highest BCUT2D eigenvalue weighted by Crippen LogP contribution is 2.30. The highest BCUT2D eigenvalue weighted by atomic mass is 35.5. The van der Waals surface area contributed by atoms with Crippen molar-refractivity contribution in [3.8, 4) is 0 Å². The molecule has 2 aliphatic carbocycles. The molecule has 4 nitrogen and oxygen atoms in total. The van der Waals surface area contributed by atoms with E-state index in [1.54, 1.807) is 0 Å². The molecule has 1 amide bonds. The molecule has 0 unspecified atom stereocenters. The molecule has 0 aromatic heterocycles. The second-order valence-corrected chi connectivity index (χ2v) is 9.01. The van der Waals surface area contributed by atoms with E-state index in [2.05, 4.69) is 27.2 Å². The van der Waals surface area contributed by atoms with Gasteiger partial charge in [0.2, 0.25) is 5.91 Å². The number of piperazine rings is 1. The van der Waals surface area contributed by atoms with Crippen molar-refractivity contribution in [1.29, 1.82) is 0 Å². The molecule has 1 aromatic rings. The van der Waals surface area contributed by atoms with E-state index in [0.717, 1.165) is 74.2 Å². The van der Waals surface area contributed by atoms with Crippen molar-refractivity contribution >= 4 is 23.2 Å². The van der Waals surface area contributed by atoms with Gasteiger partial charge in [0, 0.05) is 54.9 Å². The SMILES string of the molecule is Cc1ccc(N[C@H]2CC[C@H](C(=O)N3CCN(C4CCC4)CC3)CC2)cc1Cl. The Morgan fingerprint density at radius 2 is 1.74 bits per heavy atom. The molecule has 148 valence electrons. The van der Waals surface area contributed by atoms with Gasteiger partial charge in [-0.3, -0.25) is 9.69 Å². The van der Waals surface area contributed by atoms with Gasteiger partial charge in [-0.25, -0.2) is 0 Å². The Balaban J connectivity index is 1.22. The number of carbonyl (C=O) groups is 1. The summed E-state index contributed by atoms with van der Waals surface area (Å²) < 4.78 is 0. The summed E-state index contributed by atoms with van der Waals surface area (Å²) in [7, 11) is 0. The first-order valence-corrected chi connectivity index (χ1v) is 11.0. The Hall–Kier alpha value is -1.26. The van der Waals surface area contributed by atoms with Crippen LogP contribution in [0.15, 0.2) is 18.2 Å². The lowest BCUT2D eigenvalue weighted by molar-refractivity contribution is -0.139. The molecule has 0 atom stereocenters. The molecule has 3 fully saturated rings. The minimum Gasteiger partial charge on any atom is -0.382 e. The van der Waals surface area contributed by atoms with Gasteiger partial charge >= 0.3 is 0 Å². The minimum atomic E-state index is 0.222. The first kappa shape index (κ1) is 19.1. The van der Waals surface area contributed by atoms with Crippen LogP contribution in [0.5, 0.6) is 0 Å². The maximum atomic E-state index is 12.9. The zero-order chi connectivity index (χ0) is 18.8. The lowest BCUT2D eigenvalue weighted by Gasteiger charge is -2.44. The maximum Gasteiger partial charge on any atom is 0.225 e. The van der Waals surface area contributed by atoms with Gasteiger partial charge in [-0.05, 0) is 63.1 Å². The summed E-state index contributed by atoms with van der Waals surface area (Å²) in [4.78, 5) is 17.7. The molecular weight excluding hydrogens is 358 g/mol. The molecule has 27 heavy (non-hydrogen) atoms. The van der Waals surface area contributed by atoms with E-state index in [4.69, 9.17) is 11.6 Å². The van der Waals surface area contributed by atoms with E-state index in [9.17, 15) is 4.79 Å². The van der Waals surface area contributed by atoms with E-state index < -0.39 is 0 Å². The fraction of sp³-hybridized carbons (Fsp3) is 0.682. The summed E-state index contributed by atoms with van der Waals surface area (Å²) in [6, 6.07) is 7.42. The number of aryl methyl sites for hydroxylation is 1. The molecule has 3 aliphatic rings. The van der Waals surface area contributed by atoms with Gasteiger partial charge in [0.25, 0.3) is 0 Å². The second-order valence-electron chi connectivity index (χ2n) is 8.60. The lowest BCUT2D eigenvalue weighted by Crippen LogP contribution is -2.54. The molecule has 0 spiro atoms. The van der Waals surface area contributed by atoms with Crippen LogP contribution in [0.4, 0.5) is 5.69 Å². The summed E-state index contributed by atoms with van der Waals surface area (Å²) in [5.41, 5.74) is 2.20. The Kier molecular flexibility index (Phi) is 5.93. The first-order valence-electron chi connectivity index (χ1n) is 10.7. The summed E-state index contributed by atoms with van der Waals surface area (Å²) >= 11 is 6.23. The molecule has 2 saturated carbocycles. The summed E-state index contributed by atoms with van der Waals surface area (Å²) in [6.07, 6.45) is 8.22. The second kappa shape index (κ2) is 8.40. The third kappa shape index (κ3) is 4.43. The predicted octanol–water partition coefficient (Wildman–Crippen LogP) is 4.32. The predicted molar refractivity (Wildman–Crippen MR) is 111 cm³/mol. The molecule has 1 aliphatic heterocycles. The molecule has 0 bridgehead atoms. The van der Waals surface area contributed by atoms with E-state index >= 15 is 0 Å². The Morgan fingerprint density at radius 3 is 2.33 bits per heavy atom. The largest absolute Gasteiger partial charge is 0.382 e. The van der Waals surface area contributed by atoms with Crippen LogP contribution in [-0.4, -0.2) is 54.0 Å². The first-order chi connectivity index (χ1) is 13.1. The van der Waals surface area contributed by atoms with Crippen LogP contribution in [0.1, 0.15) is 50.5 Å². The van der Waals surface area contributed by atoms with Crippen LogP contribution in [0.2, 0.25) is 5.02 Å². The maximum absolute atomic E-state index is 12.9. The van der Waals surface area contributed by atoms with Crippen molar-refractivity contribution in [2.24, 2.45) is 5.92 Å². The number of nitrogens with one attached hydrogen (secondary N) is 1. The molecule has 1 aromatic carbocycles. The van der Waals surface area contributed by atoms with Crippen LogP contribution in [0.25, 0.3) is 0 Å². The summed E-state index contributed by atoms with van der Waals surface area (Å²) in [6.45, 7) is 6.02. The van der Waals surface area contributed by atoms with Gasteiger partial charge in [-0.1, -0.05) is 24.1 Å². The highest BCUT2D eigenvalue weighted by molar-refractivity contribution is 6.31. The Morgan fingerprint density at radius 1 is 1.04 bits per heavy atom. The summed E-state index contributed by atoms with van der Waals surface area (Å²) in [5, 5.41) is 4.41. The van der Waals surface area contributed by atoms with Gasteiger partial charge in [0.05, 0.1) is 0 Å². The molecule has 1 heterocycles. The van der Waals surface area contributed by atoms with Crippen molar-refractivity contribution in [2.45, 2.75) is 64.0 Å². The highest BCUT2D eigenvalue weighted by Gasteiger charge is 2.33. The van der Waals surface area contributed by atoms with Crippen molar-refractivity contribution in [3.63, 3.8) is 0 Å². The van der Waals surface area contributed by atoms with E-state index in [0.29, 0.717) is 11.9 Å². The fourth-order valence-electron chi connectivity index (χ4n) is 4.72. The summed E-state index contributed by atoms with van der Waals surface area (Å²) in [5.74, 6) is 0.625. The van der Waals surface area contributed by atoms with Gasteiger partial charge in [0.1, 0.15) is 0 Å². The van der Waals surface area contributed by atoms with Crippen LogP contribution in [-0.2, 0) is 4.79 Å². The fourth-order valence-corrected chi connectivity index (χ4v) is 4.90. The molecular formula is C22H32ClN3O. The van der Waals surface area contributed by atoms with E-state index in [1.165, 1.54) is 19.3 Å². The van der Waals surface area contributed by atoms with Crippen molar-refractivity contribution in [3.05, 3.63) is 28.8 Å².